The summed E-state index contributed by atoms with van der Waals surface area (Å²) in [6, 6.07) is 3.71. The highest BCUT2D eigenvalue weighted by molar-refractivity contribution is 6.30. The molecule has 3 aliphatic rings. The first kappa shape index (κ1) is 35.4. The summed E-state index contributed by atoms with van der Waals surface area (Å²) >= 11 is 6.08. The van der Waals surface area contributed by atoms with Crippen molar-refractivity contribution in [2.45, 2.75) is 110 Å². The maximum Gasteiger partial charge on any atom is 0.408 e. The van der Waals surface area contributed by atoms with Crippen molar-refractivity contribution >= 4 is 29.5 Å². The van der Waals surface area contributed by atoms with Crippen LogP contribution in [0.15, 0.2) is 18.2 Å². The van der Waals surface area contributed by atoms with E-state index in [-0.39, 0.29) is 41.3 Å². The van der Waals surface area contributed by atoms with Crippen LogP contribution in [0.3, 0.4) is 0 Å². The van der Waals surface area contributed by atoms with Gasteiger partial charge >= 0.3 is 6.09 Å². The van der Waals surface area contributed by atoms with Crippen LogP contribution in [0.1, 0.15) is 86.1 Å². The average molecular weight is 651 g/mol. The molecular weight excluding hydrogens is 599 g/mol. The Labute approximate surface area is 273 Å². The van der Waals surface area contributed by atoms with Gasteiger partial charge in [-0.1, -0.05) is 38.4 Å². The number of alkyl carbamates (subject to hydrolysis) is 1. The van der Waals surface area contributed by atoms with Gasteiger partial charge in [0.05, 0.1) is 5.92 Å². The van der Waals surface area contributed by atoms with Crippen molar-refractivity contribution in [1.82, 2.24) is 20.0 Å². The molecule has 1 N–H and O–H groups in total. The molecule has 0 saturated carbocycles. The lowest BCUT2D eigenvalue weighted by atomic mass is 9.86. The SMILES string of the molecule is C[C@@H]1CN(C(=O)[C@@H]2CN(C3CCOCC3)C[C@H]2c2ccc(Cl)cc2F)[C@@H](C)CN1C(=O)[C@H](CC(C)(C)C)NC(=O)OC(C)(C)C. The first-order valence-electron chi connectivity index (χ1n) is 16.3. The lowest BCUT2D eigenvalue weighted by Gasteiger charge is -2.46. The Morgan fingerprint density at radius 2 is 1.62 bits per heavy atom. The van der Waals surface area contributed by atoms with Gasteiger partial charge in [-0.2, -0.15) is 0 Å². The minimum absolute atomic E-state index is 0.0199. The van der Waals surface area contributed by atoms with E-state index in [9.17, 15) is 14.4 Å². The van der Waals surface area contributed by atoms with Crippen molar-refractivity contribution in [3.05, 3.63) is 34.6 Å². The molecule has 9 nitrogen and oxygen atoms in total. The summed E-state index contributed by atoms with van der Waals surface area (Å²) < 4.78 is 26.3. The summed E-state index contributed by atoms with van der Waals surface area (Å²) in [5.41, 5.74) is -0.409. The van der Waals surface area contributed by atoms with Crippen molar-refractivity contribution in [3.63, 3.8) is 0 Å². The van der Waals surface area contributed by atoms with E-state index in [2.05, 4.69) is 10.2 Å². The standard InChI is InChI=1S/C34H52ClFN4O5/c1-21-18-40(31(42)29(16-33(3,4)5)37-32(43)45-34(6,7)8)22(2)17-39(21)30(41)27-20-38(24-11-13-44-14-12-24)19-26(27)25-10-9-23(35)15-28(25)36/h9-10,15,21-22,24,26-27,29H,11-14,16-20H2,1-8H3,(H,37,43)/t21-,22+,26-,27+,29-/m0/s1. The van der Waals surface area contributed by atoms with Crippen molar-refractivity contribution in [3.8, 4) is 0 Å². The molecule has 0 spiro atoms. The maximum atomic E-state index is 15.3. The molecule has 0 aromatic heterocycles. The number of carbonyl (C=O) groups is 3. The zero-order valence-corrected chi connectivity index (χ0v) is 29.0. The minimum Gasteiger partial charge on any atom is -0.444 e. The van der Waals surface area contributed by atoms with E-state index in [4.69, 9.17) is 21.1 Å². The highest BCUT2D eigenvalue weighted by Gasteiger charge is 2.46. The molecule has 4 rings (SSSR count). The first-order valence-corrected chi connectivity index (χ1v) is 16.7. The van der Waals surface area contributed by atoms with Crippen LogP contribution < -0.4 is 5.32 Å². The molecule has 0 radical (unpaired) electrons. The van der Waals surface area contributed by atoms with Gasteiger partial charge in [0, 0.05) is 68.5 Å². The number of nitrogens with one attached hydrogen (secondary N) is 1. The van der Waals surface area contributed by atoms with E-state index in [1.807, 2.05) is 39.5 Å². The van der Waals surface area contributed by atoms with Gasteiger partial charge in [0.1, 0.15) is 17.5 Å². The van der Waals surface area contributed by atoms with Gasteiger partial charge in [-0.15, -0.1) is 0 Å². The van der Waals surface area contributed by atoms with Gasteiger partial charge in [0.15, 0.2) is 0 Å². The fourth-order valence-corrected chi connectivity index (χ4v) is 7.13. The molecule has 3 fully saturated rings. The normalized spacial score (nSPS) is 26.1. The molecule has 3 aliphatic heterocycles. The van der Waals surface area contributed by atoms with Crippen LogP contribution in [0, 0.1) is 17.2 Å². The van der Waals surface area contributed by atoms with E-state index >= 15 is 4.39 Å². The molecule has 252 valence electrons. The molecule has 11 heteroatoms. The van der Waals surface area contributed by atoms with E-state index in [1.165, 1.54) is 6.07 Å². The summed E-state index contributed by atoms with van der Waals surface area (Å²) in [6.07, 6.45) is 1.58. The lowest BCUT2D eigenvalue weighted by Crippen LogP contribution is -2.63. The van der Waals surface area contributed by atoms with Crippen molar-refractivity contribution < 1.29 is 28.2 Å². The van der Waals surface area contributed by atoms with Gasteiger partial charge in [-0.3, -0.25) is 14.5 Å². The Kier molecular flexibility index (Phi) is 11.1. The fraction of sp³-hybridized carbons (Fsp3) is 0.735. The van der Waals surface area contributed by atoms with Crippen LogP contribution in [0.25, 0.3) is 0 Å². The highest BCUT2D eigenvalue weighted by Crippen LogP contribution is 2.39. The Hall–Kier alpha value is -2.43. The lowest BCUT2D eigenvalue weighted by molar-refractivity contribution is -0.149. The molecule has 1 aromatic carbocycles. The molecule has 0 unspecified atom stereocenters. The molecule has 1 aromatic rings. The summed E-state index contributed by atoms with van der Waals surface area (Å²) in [7, 11) is 0. The second-order valence-corrected chi connectivity index (χ2v) is 15.8. The molecule has 3 saturated heterocycles. The molecule has 3 heterocycles. The molecular formula is C34H52ClFN4O5. The number of carbonyl (C=O) groups excluding carboxylic acids is 3. The van der Waals surface area contributed by atoms with E-state index < -0.39 is 29.5 Å². The molecule has 0 bridgehead atoms. The quantitative estimate of drug-likeness (QED) is 0.440. The number of ether oxygens (including phenoxy) is 2. The smallest absolute Gasteiger partial charge is 0.408 e. The van der Waals surface area contributed by atoms with E-state index in [0.29, 0.717) is 56.4 Å². The van der Waals surface area contributed by atoms with Crippen LogP contribution in [0.4, 0.5) is 9.18 Å². The largest absolute Gasteiger partial charge is 0.444 e. The first-order chi connectivity index (χ1) is 20.9. The molecule has 5 atom stereocenters. The highest BCUT2D eigenvalue weighted by atomic mass is 35.5. The predicted molar refractivity (Wildman–Crippen MR) is 173 cm³/mol. The average Bonchev–Trinajstić information content (AvgIpc) is 3.37. The number of piperazine rings is 1. The van der Waals surface area contributed by atoms with Gasteiger partial charge in [0.25, 0.3) is 0 Å². The molecule has 45 heavy (non-hydrogen) atoms. The number of nitrogens with zero attached hydrogens (tertiary/aromatic N) is 3. The summed E-state index contributed by atoms with van der Waals surface area (Å²) in [4.78, 5) is 47.0. The summed E-state index contributed by atoms with van der Waals surface area (Å²) in [6.45, 7) is 18.5. The Balaban J connectivity index is 1.52. The van der Waals surface area contributed by atoms with Gasteiger partial charge in [0.2, 0.25) is 11.8 Å². The Morgan fingerprint density at radius 1 is 1.00 bits per heavy atom. The zero-order valence-electron chi connectivity index (χ0n) is 28.2. The van der Waals surface area contributed by atoms with Crippen LogP contribution in [0.2, 0.25) is 5.02 Å². The van der Waals surface area contributed by atoms with Crippen molar-refractivity contribution in [1.29, 1.82) is 0 Å². The maximum absolute atomic E-state index is 15.3. The van der Waals surface area contributed by atoms with E-state index in [1.54, 1.807) is 37.8 Å². The number of halogens is 2. The zero-order chi connectivity index (χ0) is 33.3. The van der Waals surface area contributed by atoms with Crippen LogP contribution in [-0.2, 0) is 19.1 Å². The monoisotopic (exact) mass is 650 g/mol. The molecule has 0 aliphatic carbocycles. The van der Waals surface area contributed by atoms with Gasteiger partial charge in [-0.05, 0) is 77.0 Å². The van der Waals surface area contributed by atoms with Gasteiger partial charge < -0.3 is 24.6 Å². The minimum atomic E-state index is -0.767. The van der Waals surface area contributed by atoms with Crippen molar-refractivity contribution in [2.75, 3.05) is 39.4 Å². The van der Waals surface area contributed by atoms with Crippen LogP contribution in [0.5, 0.6) is 0 Å². The number of benzene rings is 1. The number of rotatable bonds is 6. The van der Waals surface area contributed by atoms with Crippen LogP contribution >= 0.6 is 11.6 Å². The Morgan fingerprint density at radius 3 is 2.22 bits per heavy atom. The third kappa shape index (κ3) is 9.10. The summed E-state index contributed by atoms with van der Waals surface area (Å²) in [5, 5.41) is 3.14. The number of hydrogen-bond donors (Lipinski definition) is 1. The summed E-state index contributed by atoms with van der Waals surface area (Å²) in [5.74, 6) is -1.33. The van der Waals surface area contributed by atoms with Crippen molar-refractivity contribution in [2.24, 2.45) is 11.3 Å². The number of amides is 3. The van der Waals surface area contributed by atoms with Gasteiger partial charge in [-0.25, -0.2) is 9.18 Å². The van der Waals surface area contributed by atoms with Crippen LogP contribution in [-0.4, -0.2) is 102 Å². The molecule has 3 amide bonds. The third-order valence-corrected chi connectivity index (χ3v) is 9.33. The fourth-order valence-electron chi connectivity index (χ4n) is 6.97. The second kappa shape index (κ2) is 14.1. The van der Waals surface area contributed by atoms with E-state index in [0.717, 1.165) is 12.8 Å². The second-order valence-electron chi connectivity index (χ2n) is 15.3. The predicted octanol–water partition coefficient (Wildman–Crippen LogP) is 5.45. The topological polar surface area (TPSA) is 91.4 Å². The number of likely N-dealkylation sites (tertiary alicyclic amines) is 1. The number of hydrogen-bond acceptors (Lipinski definition) is 6. The Bertz CT molecular complexity index is 1230. The third-order valence-electron chi connectivity index (χ3n) is 9.09.